The normalized spacial score (nSPS) is 25.4. The first kappa shape index (κ1) is 15.5. The molecular weight excluding hydrogens is 251 g/mol. The average Bonchev–Trinajstić information content (AvgIpc) is 2.46. The molecule has 0 bridgehead atoms. The van der Waals surface area contributed by atoms with Crippen LogP contribution in [-0.2, 0) is 5.41 Å². The van der Waals surface area contributed by atoms with E-state index in [0.29, 0.717) is 11.8 Å². The van der Waals surface area contributed by atoms with E-state index in [1.807, 2.05) is 12.1 Å². The third kappa shape index (κ3) is 3.06. The van der Waals surface area contributed by atoms with Crippen LogP contribution in [0.4, 0.5) is 4.39 Å². The molecule has 0 aromatic heterocycles. The Bertz CT molecular complexity index is 424. The summed E-state index contributed by atoms with van der Waals surface area (Å²) in [6, 6.07) is 6.59. The Balaban J connectivity index is 2.20. The van der Waals surface area contributed by atoms with Crippen LogP contribution >= 0.6 is 0 Å². The average molecular weight is 278 g/mol. The van der Waals surface area contributed by atoms with Gasteiger partial charge >= 0.3 is 0 Å². The second-order valence-corrected chi connectivity index (χ2v) is 6.79. The van der Waals surface area contributed by atoms with Crippen molar-refractivity contribution in [1.82, 2.24) is 0 Å². The highest BCUT2D eigenvalue weighted by atomic mass is 19.1. The van der Waals surface area contributed by atoms with E-state index in [-0.39, 0.29) is 17.3 Å². The molecule has 2 heteroatoms. The Morgan fingerprint density at radius 2 is 1.80 bits per heavy atom. The summed E-state index contributed by atoms with van der Waals surface area (Å²) >= 11 is 0. The van der Waals surface area contributed by atoms with Gasteiger partial charge in [-0.2, -0.15) is 0 Å². The first-order valence-corrected chi connectivity index (χ1v) is 7.91. The van der Waals surface area contributed by atoms with Crippen LogP contribution in [-0.4, -0.2) is 11.2 Å². The fraction of sp³-hybridized carbons (Fsp3) is 0.667. The summed E-state index contributed by atoms with van der Waals surface area (Å²) in [7, 11) is 0. The third-order valence-corrected chi connectivity index (χ3v) is 5.23. The fourth-order valence-electron chi connectivity index (χ4n) is 3.74. The van der Waals surface area contributed by atoms with Gasteiger partial charge in [0.2, 0.25) is 0 Å². The van der Waals surface area contributed by atoms with Gasteiger partial charge in [0.05, 0.1) is 6.10 Å². The Labute approximate surface area is 122 Å². The molecule has 0 amide bonds. The molecule has 0 spiro atoms. The first-order chi connectivity index (χ1) is 9.46. The lowest BCUT2D eigenvalue weighted by atomic mass is 9.66. The van der Waals surface area contributed by atoms with Crippen LogP contribution in [0, 0.1) is 17.7 Å². The molecule has 0 aliphatic heterocycles. The summed E-state index contributed by atoms with van der Waals surface area (Å²) in [4.78, 5) is 0. The van der Waals surface area contributed by atoms with Gasteiger partial charge in [-0.25, -0.2) is 4.39 Å². The Morgan fingerprint density at radius 3 is 2.40 bits per heavy atom. The molecule has 20 heavy (non-hydrogen) atoms. The quantitative estimate of drug-likeness (QED) is 0.847. The van der Waals surface area contributed by atoms with Crippen molar-refractivity contribution < 1.29 is 9.50 Å². The van der Waals surface area contributed by atoms with Crippen LogP contribution in [0.3, 0.4) is 0 Å². The van der Waals surface area contributed by atoms with Crippen LogP contribution < -0.4 is 0 Å². The second-order valence-electron chi connectivity index (χ2n) is 6.79. The smallest absolute Gasteiger partial charge is 0.123 e. The van der Waals surface area contributed by atoms with E-state index in [1.165, 1.54) is 31.4 Å². The zero-order chi connectivity index (χ0) is 14.8. The first-order valence-electron chi connectivity index (χ1n) is 7.91. The predicted octanol–water partition coefficient (Wildman–Crippen LogP) is 4.68. The highest BCUT2D eigenvalue weighted by Crippen LogP contribution is 2.41. The zero-order valence-electron chi connectivity index (χ0n) is 12.9. The number of hydrogen-bond acceptors (Lipinski definition) is 1. The van der Waals surface area contributed by atoms with Crippen LogP contribution in [0.5, 0.6) is 0 Å². The number of rotatable bonds is 4. The monoisotopic (exact) mass is 278 g/mol. The van der Waals surface area contributed by atoms with Gasteiger partial charge in [0.15, 0.2) is 0 Å². The molecule has 1 aliphatic carbocycles. The van der Waals surface area contributed by atoms with Crippen LogP contribution in [0.15, 0.2) is 24.3 Å². The summed E-state index contributed by atoms with van der Waals surface area (Å²) in [5.74, 6) is 0.774. The summed E-state index contributed by atoms with van der Waals surface area (Å²) in [5, 5.41) is 10.9. The number of hydrogen-bond donors (Lipinski definition) is 1. The molecule has 0 radical (unpaired) electrons. The lowest BCUT2D eigenvalue weighted by Crippen LogP contribution is -2.43. The van der Waals surface area contributed by atoms with Crippen molar-refractivity contribution >= 4 is 0 Å². The molecule has 1 N–H and O–H groups in total. The van der Waals surface area contributed by atoms with Gasteiger partial charge in [-0.3, -0.25) is 0 Å². The van der Waals surface area contributed by atoms with Crippen molar-refractivity contribution in [2.75, 3.05) is 0 Å². The topological polar surface area (TPSA) is 20.2 Å². The Kier molecular flexibility index (Phi) is 4.85. The number of aliphatic hydroxyl groups is 1. The molecule has 1 aromatic carbocycles. The lowest BCUT2D eigenvalue weighted by molar-refractivity contribution is -0.00209. The SMILES string of the molecule is CCC1CCCCC1C(O)C(C)(C)c1ccc(F)cc1. The molecule has 0 heterocycles. The van der Waals surface area contributed by atoms with E-state index in [4.69, 9.17) is 0 Å². The molecule has 1 aromatic rings. The summed E-state index contributed by atoms with van der Waals surface area (Å²) in [5.41, 5.74) is 0.690. The molecule has 1 nitrogen and oxygen atoms in total. The standard InChI is InChI=1S/C18H27FO/c1-4-13-7-5-6-8-16(13)17(20)18(2,3)14-9-11-15(19)12-10-14/h9-13,16-17,20H,4-8H2,1-3H3. The summed E-state index contributed by atoms with van der Waals surface area (Å²) in [6.45, 7) is 6.37. The van der Waals surface area contributed by atoms with Crippen LogP contribution in [0.1, 0.15) is 58.4 Å². The maximum absolute atomic E-state index is 13.1. The number of halogens is 1. The van der Waals surface area contributed by atoms with E-state index in [1.54, 1.807) is 0 Å². The van der Waals surface area contributed by atoms with E-state index >= 15 is 0 Å². The minimum Gasteiger partial charge on any atom is -0.392 e. The minimum atomic E-state index is -0.363. The molecule has 2 rings (SSSR count). The molecule has 3 atom stereocenters. The fourth-order valence-corrected chi connectivity index (χ4v) is 3.74. The van der Waals surface area contributed by atoms with Gasteiger partial charge in [0.1, 0.15) is 5.82 Å². The molecule has 1 saturated carbocycles. The largest absolute Gasteiger partial charge is 0.392 e. The maximum atomic E-state index is 13.1. The number of aliphatic hydroxyl groups excluding tert-OH is 1. The van der Waals surface area contributed by atoms with E-state index in [2.05, 4.69) is 20.8 Å². The highest BCUT2D eigenvalue weighted by molar-refractivity contribution is 5.26. The van der Waals surface area contributed by atoms with Crippen molar-refractivity contribution in [3.8, 4) is 0 Å². The second kappa shape index (κ2) is 6.26. The molecule has 112 valence electrons. The van der Waals surface area contributed by atoms with Crippen molar-refractivity contribution in [3.63, 3.8) is 0 Å². The van der Waals surface area contributed by atoms with Crippen molar-refractivity contribution in [3.05, 3.63) is 35.6 Å². The van der Waals surface area contributed by atoms with E-state index in [9.17, 15) is 9.50 Å². The van der Waals surface area contributed by atoms with Crippen molar-refractivity contribution in [2.45, 2.75) is 64.4 Å². The Morgan fingerprint density at radius 1 is 1.20 bits per heavy atom. The van der Waals surface area contributed by atoms with Crippen molar-refractivity contribution in [1.29, 1.82) is 0 Å². The molecule has 1 aliphatic rings. The van der Waals surface area contributed by atoms with Gasteiger partial charge in [-0.15, -0.1) is 0 Å². The Hall–Kier alpha value is -0.890. The lowest BCUT2D eigenvalue weighted by Gasteiger charge is -2.42. The molecule has 3 unspecified atom stereocenters. The third-order valence-electron chi connectivity index (χ3n) is 5.23. The van der Waals surface area contributed by atoms with Gasteiger partial charge < -0.3 is 5.11 Å². The van der Waals surface area contributed by atoms with Gasteiger partial charge in [0, 0.05) is 5.41 Å². The predicted molar refractivity (Wildman–Crippen MR) is 81.2 cm³/mol. The van der Waals surface area contributed by atoms with Crippen LogP contribution in [0.2, 0.25) is 0 Å². The number of benzene rings is 1. The summed E-state index contributed by atoms with van der Waals surface area (Å²) in [6.07, 6.45) is 5.64. The molecule has 0 saturated heterocycles. The van der Waals surface area contributed by atoms with Crippen molar-refractivity contribution in [2.24, 2.45) is 11.8 Å². The highest BCUT2D eigenvalue weighted by Gasteiger charge is 2.39. The van der Waals surface area contributed by atoms with E-state index < -0.39 is 0 Å². The zero-order valence-corrected chi connectivity index (χ0v) is 12.9. The van der Waals surface area contributed by atoms with Gasteiger partial charge in [0.25, 0.3) is 0 Å². The maximum Gasteiger partial charge on any atom is 0.123 e. The summed E-state index contributed by atoms with van der Waals surface area (Å²) < 4.78 is 13.1. The molecule has 1 fully saturated rings. The van der Waals surface area contributed by atoms with Gasteiger partial charge in [-0.05, 0) is 36.0 Å². The minimum absolute atomic E-state index is 0.219. The van der Waals surface area contributed by atoms with Crippen LogP contribution in [0.25, 0.3) is 0 Å². The van der Waals surface area contributed by atoms with E-state index in [0.717, 1.165) is 18.4 Å². The molecular formula is C18H27FO. The van der Waals surface area contributed by atoms with Gasteiger partial charge in [-0.1, -0.05) is 58.6 Å².